The lowest BCUT2D eigenvalue weighted by molar-refractivity contribution is -0.124. The van der Waals surface area contributed by atoms with Crippen molar-refractivity contribution in [3.8, 4) is 11.3 Å². The van der Waals surface area contributed by atoms with Gasteiger partial charge in [0.15, 0.2) is 0 Å². The van der Waals surface area contributed by atoms with Crippen LogP contribution in [0.15, 0.2) is 29.4 Å². The summed E-state index contributed by atoms with van der Waals surface area (Å²) < 4.78 is 0. The number of carbonyl (C=O) groups is 2. The second-order valence-electron chi connectivity index (χ2n) is 12.3. The van der Waals surface area contributed by atoms with Crippen molar-refractivity contribution in [2.45, 2.75) is 83.6 Å². The number of nitrogen functional groups attached to an aromatic ring is 1. The Morgan fingerprint density at radius 2 is 2.05 bits per heavy atom. The highest BCUT2D eigenvalue weighted by atomic mass is 16.2. The smallest absolute Gasteiger partial charge is 0.224 e. The first-order valence-corrected chi connectivity index (χ1v) is 15.3. The Kier molecular flexibility index (Phi) is 9.03. The van der Waals surface area contributed by atoms with E-state index in [1.165, 1.54) is 19.4 Å². The van der Waals surface area contributed by atoms with Gasteiger partial charge in [-0.15, -0.1) is 0 Å². The number of amides is 1. The van der Waals surface area contributed by atoms with Gasteiger partial charge in [-0.3, -0.25) is 14.6 Å². The van der Waals surface area contributed by atoms with E-state index in [0.29, 0.717) is 24.3 Å². The monoisotopic (exact) mass is 546 g/mol. The number of nitrogens with one attached hydrogen (secondary N) is 2. The van der Waals surface area contributed by atoms with Gasteiger partial charge in [-0.25, -0.2) is 4.98 Å². The van der Waals surface area contributed by atoms with E-state index in [1.54, 1.807) is 13.3 Å². The highest BCUT2D eigenvalue weighted by molar-refractivity contribution is 5.89. The number of carbonyl (C=O) groups excluding carboxylic acids is 2. The number of aromatic amines is 1. The first-order chi connectivity index (χ1) is 19.4. The molecule has 2 saturated carbocycles. The van der Waals surface area contributed by atoms with Crippen molar-refractivity contribution in [1.29, 1.82) is 0 Å². The highest BCUT2D eigenvalue weighted by Crippen LogP contribution is 2.59. The van der Waals surface area contributed by atoms with E-state index >= 15 is 0 Å². The Morgan fingerprint density at radius 3 is 2.77 bits per heavy atom. The fraction of sp³-hybridized carbons (Fsp3) is 0.625. The molecule has 3 fully saturated rings. The van der Waals surface area contributed by atoms with Crippen molar-refractivity contribution < 1.29 is 9.59 Å². The van der Waals surface area contributed by atoms with E-state index in [2.05, 4.69) is 20.2 Å². The number of hydrogen-bond donors (Lipinski definition) is 3. The van der Waals surface area contributed by atoms with E-state index in [1.807, 2.05) is 31.3 Å². The second kappa shape index (κ2) is 12.7. The quantitative estimate of drug-likeness (QED) is 0.169. The van der Waals surface area contributed by atoms with Crippen LogP contribution in [0, 0.1) is 17.3 Å². The molecule has 1 aromatic heterocycles. The topological polar surface area (TPSA) is 116 Å². The Morgan fingerprint density at radius 1 is 1.25 bits per heavy atom. The van der Waals surface area contributed by atoms with Crippen LogP contribution in [0.1, 0.15) is 95.0 Å². The van der Waals surface area contributed by atoms with Crippen LogP contribution in [0.4, 0.5) is 5.69 Å². The van der Waals surface area contributed by atoms with Gasteiger partial charge in [-0.2, -0.15) is 0 Å². The van der Waals surface area contributed by atoms with Gasteiger partial charge in [0.05, 0.1) is 17.9 Å². The molecule has 1 aromatic carbocycles. The van der Waals surface area contributed by atoms with E-state index < -0.39 is 0 Å². The molecule has 2 heterocycles. The highest BCUT2D eigenvalue weighted by Gasteiger charge is 2.58. The van der Waals surface area contributed by atoms with Crippen LogP contribution >= 0.6 is 0 Å². The number of ketones is 1. The number of nitrogens with two attached hydrogens (primary N) is 1. The minimum absolute atomic E-state index is 0.114. The van der Waals surface area contributed by atoms with Gasteiger partial charge in [0.2, 0.25) is 5.91 Å². The molecule has 1 aliphatic heterocycles. The van der Waals surface area contributed by atoms with E-state index in [4.69, 9.17) is 10.7 Å². The molecule has 8 heteroatoms. The Labute approximate surface area is 238 Å². The number of nitrogens with zero attached hydrogens (tertiary/aromatic N) is 3. The number of likely N-dealkylation sites (tertiary alicyclic amines) is 1. The number of Topliss-reactive ketones (excluding diaryl/α,β-unsaturated/α-hetero) is 1. The molecular weight excluding hydrogens is 500 g/mol. The molecule has 2 aliphatic carbocycles. The molecule has 40 heavy (non-hydrogen) atoms. The normalized spacial score (nSPS) is 21.1. The lowest BCUT2D eigenvalue weighted by Gasteiger charge is -2.33. The maximum atomic E-state index is 13.5. The second-order valence-corrected chi connectivity index (χ2v) is 12.3. The maximum Gasteiger partial charge on any atom is 0.224 e. The Balaban J connectivity index is 1.23. The molecule has 0 radical (unpaired) electrons. The van der Waals surface area contributed by atoms with Crippen molar-refractivity contribution in [2.24, 2.45) is 22.2 Å². The molecule has 1 saturated heterocycles. The van der Waals surface area contributed by atoms with Gasteiger partial charge in [0, 0.05) is 55.4 Å². The number of unbranched alkanes of at least 4 members (excludes halogenated alkanes) is 2. The van der Waals surface area contributed by atoms with Crippen molar-refractivity contribution in [2.75, 3.05) is 32.4 Å². The van der Waals surface area contributed by atoms with Gasteiger partial charge in [0.25, 0.3) is 0 Å². The zero-order chi connectivity index (χ0) is 28.1. The molecule has 1 spiro atoms. The minimum Gasteiger partial charge on any atom is -0.398 e. The number of piperidine rings is 1. The molecule has 2 atom stereocenters. The molecule has 1 amide bonds. The van der Waals surface area contributed by atoms with E-state index in [-0.39, 0.29) is 23.3 Å². The van der Waals surface area contributed by atoms with E-state index in [9.17, 15) is 9.59 Å². The average molecular weight is 547 g/mol. The van der Waals surface area contributed by atoms with Gasteiger partial charge < -0.3 is 20.9 Å². The number of hydrogen-bond acceptors (Lipinski definition) is 6. The number of rotatable bonds is 14. The van der Waals surface area contributed by atoms with Crippen LogP contribution in [-0.2, 0) is 9.59 Å². The number of aromatic nitrogens is 2. The van der Waals surface area contributed by atoms with Crippen molar-refractivity contribution >= 4 is 23.6 Å². The molecule has 3 aliphatic rings. The minimum atomic E-state index is -0.179. The van der Waals surface area contributed by atoms with Crippen LogP contribution in [-0.4, -0.2) is 59.5 Å². The zero-order valence-electron chi connectivity index (χ0n) is 24.3. The summed E-state index contributed by atoms with van der Waals surface area (Å²) in [6, 6.07) is 5.68. The standard InChI is InChI=1S/C32H46N6O2/c1-3-25(39)7-5-4-6-8-28(30-35-20-29(36-30)23-11-12-27(33)24(17-23)19-34-2)37-31(40)26-18-32(26)13-15-38(16-14-32)21-22-9-10-22/h11-12,17,19-20,22,26,28H,3-10,13-16,18,21,33H2,1-2H3,(H,35,36)(H,37,40)/t26-,28+/m1/s1. The largest absolute Gasteiger partial charge is 0.398 e. The maximum absolute atomic E-state index is 13.5. The zero-order valence-corrected chi connectivity index (χ0v) is 24.3. The number of imidazole rings is 1. The fourth-order valence-electron chi connectivity index (χ4n) is 6.34. The molecule has 4 N–H and O–H groups in total. The summed E-state index contributed by atoms with van der Waals surface area (Å²) in [6.07, 6.45) is 14.5. The Bertz CT molecular complexity index is 1210. The third-order valence-corrected chi connectivity index (χ3v) is 9.32. The third-order valence-electron chi connectivity index (χ3n) is 9.32. The number of benzene rings is 1. The molecule has 0 unspecified atom stereocenters. The summed E-state index contributed by atoms with van der Waals surface area (Å²) in [5.74, 6) is 2.31. The SMILES string of the molecule is CCC(=O)CCCCC[C@H](NC(=O)[C@H]1CC12CCN(CC1CC1)CC2)c1ncc(-c2ccc(N)c(C=NC)c2)[nH]1. The van der Waals surface area contributed by atoms with Gasteiger partial charge in [0.1, 0.15) is 11.6 Å². The molecule has 5 rings (SSSR count). The molecule has 216 valence electrons. The van der Waals surface area contributed by atoms with Crippen LogP contribution < -0.4 is 11.1 Å². The van der Waals surface area contributed by atoms with Crippen molar-refractivity contribution in [3.05, 3.63) is 35.8 Å². The first-order valence-electron chi connectivity index (χ1n) is 15.3. The molecule has 0 bridgehead atoms. The number of aliphatic imine (C=N–C) groups is 1. The lowest BCUT2D eigenvalue weighted by atomic mass is 9.90. The predicted molar refractivity (Wildman–Crippen MR) is 160 cm³/mol. The molecule has 8 nitrogen and oxygen atoms in total. The van der Waals surface area contributed by atoms with Gasteiger partial charge >= 0.3 is 0 Å². The summed E-state index contributed by atoms with van der Waals surface area (Å²) in [4.78, 5) is 40.2. The summed E-state index contributed by atoms with van der Waals surface area (Å²) in [6.45, 7) is 5.44. The van der Waals surface area contributed by atoms with Crippen LogP contribution in [0.5, 0.6) is 0 Å². The van der Waals surface area contributed by atoms with Gasteiger partial charge in [-0.1, -0.05) is 25.8 Å². The lowest BCUT2D eigenvalue weighted by Crippen LogP contribution is -2.38. The predicted octanol–water partition coefficient (Wildman–Crippen LogP) is 5.31. The third kappa shape index (κ3) is 7.00. The number of H-pyrrole nitrogens is 1. The summed E-state index contributed by atoms with van der Waals surface area (Å²) in [7, 11) is 1.73. The summed E-state index contributed by atoms with van der Waals surface area (Å²) >= 11 is 0. The summed E-state index contributed by atoms with van der Waals surface area (Å²) in [5, 5.41) is 3.38. The fourth-order valence-corrected chi connectivity index (χ4v) is 6.34. The molecular formula is C32H46N6O2. The number of anilines is 1. The first kappa shape index (κ1) is 28.5. The van der Waals surface area contributed by atoms with E-state index in [0.717, 1.165) is 86.6 Å². The van der Waals surface area contributed by atoms with Crippen LogP contribution in [0.3, 0.4) is 0 Å². The van der Waals surface area contributed by atoms with Crippen LogP contribution in [0.2, 0.25) is 0 Å². The van der Waals surface area contributed by atoms with Crippen molar-refractivity contribution in [1.82, 2.24) is 20.2 Å². The van der Waals surface area contributed by atoms with Crippen LogP contribution in [0.25, 0.3) is 11.3 Å². The summed E-state index contributed by atoms with van der Waals surface area (Å²) in [5.41, 5.74) is 9.71. The Hall–Kier alpha value is -3.00. The average Bonchev–Trinajstić information content (AvgIpc) is 3.86. The van der Waals surface area contributed by atoms with Gasteiger partial charge in [-0.05, 0) is 81.5 Å². The molecule has 2 aromatic rings. The van der Waals surface area contributed by atoms with Crippen molar-refractivity contribution in [3.63, 3.8) is 0 Å².